The molecule has 158 valence electrons. The number of nitrogens with one attached hydrogen (secondary N) is 1. The quantitative estimate of drug-likeness (QED) is 0.551. The SMILES string of the molecule is CCNC(=NCC(c1ccc(Cl)cc1)N(C)C)N1CCN(Cc2ccon2)CC1. The number of benzene rings is 1. The summed E-state index contributed by atoms with van der Waals surface area (Å²) in [4.78, 5) is 11.9. The molecule has 1 unspecified atom stereocenters. The second kappa shape index (κ2) is 10.6. The Balaban J connectivity index is 1.62. The second-order valence-corrected chi connectivity index (χ2v) is 7.92. The predicted octanol–water partition coefficient (Wildman–Crippen LogP) is 2.71. The molecule has 1 atom stereocenters. The summed E-state index contributed by atoms with van der Waals surface area (Å²) in [5.74, 6) is 0.981. The number of likely N-dealkylation sites (N-methyl/N-ethyl adjacent to an activating group) is 1. The Morgan fingerprint density at radius 3 is 2.52 bits per heavy atom. The van der Waals surface area contributed by atoms with Crippen LogP contribution in [-0.4, -0.2) is 79.2 Å². The lowest BCUT2D eigenvalue weighted by molar-refractivity contribution is 0.168. The van der Waals surface area contributed by atoms with E-state index in [0.29, 0.717) is 6.54 Å². The van der Waals surface area contributed by atoms with Crippen LogP contribution in [0.2, 0.25) is 5.02 Å². The van der Waals surface area contributed by atoms with E-state index in [1.54, 1.807) is 6.26 Å². The van der Waals surface area contributed by atoms with Gasteiger partial charge in [-0.2, -0.15) is 0 Å². The van der Waals surface area contributed by atoms with Gasteiger partial charge >= 0.3 is 0 Å². The minimum absolute atomic E-state index is 0.203. The van der Waals surface area contributed by atoms with Gasteiger partial charge in [-0.15, -0.1) is 0 Å². The van der Waals surface area contributed by atoms with Crippen LogP contribution < -0.4 is 5.32 Å². The van der Waals surface area contributed by atoms with Crippen molar-refractivity contribution in [2.24, 2.45) is 4.99 Å². The predicted molar refractivity (Wildman–Crippen MR) is 117 cm³/mol. The number of aromatic nitrogens is 1. The smallest absolute Gasteiger partial charge is 0.194 e. The van der Waals surface area contributed by atoms with E-state index < -0.39 is 0 Å². The average Bonchev–Trinajstić information content (AvgIpc) is 3.22. The maximum Gasteiger partial charge on any atom is 0.194 e. The molecule has 1 fully saturated rings. The van der Waals surface area contributed by atoms with Crippen LogP contribution in [0.3, 0.4) is 0 Å². The van der Waals surface area contributed by atoms with Crippen molar-refractivity contribution in [1.82, 2.24) is 25.2 Å². The van der Waals surface area contributed by atoms with Gasteiger partial charge in [0.2, 0.25) is 0 Å². The van der Waals surface area contributed by atoms with Crippen molar-refractivity contribution < 1.29 is 4.52 Å². The van der Waals surface area contributed by atoms with Crippen LogP contribution in [0, 0.1) is 0 Å². The van der Waals surface area contributed by atoms with Gasteiger partial charge in [0.15, 0.2) is 5.96 Å². The zero-order valence-electron chi connectivity index (χ0n) is 17.5. The number of hydrogen-bond donors (Lipinski definition) is 1. The summed E-state index contributed by atoms with van der Waals surface area (Å²) in [5, 5.41) is 8.23. The first-order valence-electron chi connectivity index (χ1n) is 10.1. The maximum atomic E-state index is 6.05. The van der Waals surface area contributed by atoms with Crippen molar-refractivity contribution in [3.05, 3.63) is 52.9 Å². The lowest BCUT2D eigenvalue weighted by atomic mass is 10.1. The van der Waals surface area contributed by atoms with Gasteiger partial charge in [0, 0.05) is 50.4 Å². The first-order chi connectivity index (χ1) is 14.1. The lowest BCUT2D eigenvalue weighted by Crippen LogP contribution is -2.52. The highest BCUT2D eigenvalue weighted by molar-refractivity contribution is 6.30. The number of halogens is 1. The zero-order valence-corrected chi connectivity index (χ0v) is 18.3. The van der Waals surface area contributed by atoms with Crippen molar-refractivity contribution in [3.8, 4) is 0 Å². The number of guanidine groups is 1. The molecule has 29 heavy (non-hydrogen) atoms. The van der Waals surface area contributed by atoms with E-state index in [-0.39, 0.29) is 6.04 Å². The zero-order chi connectivity index (χ0) is 20.6. The van der Waals surface area contributed by atoms with Gasteiger partial charge < -0.3 is 19.6 Å². The van der Waals surface area contributed by atoms with E-state index in [1.807, 2.05) is 18.2 Å². The largest absolute Gasteiger partial charge is 0.364 e. The Labute approximate surface area is 178 Å². The Morgan fingerprint density at radius 2 is 1.93 bits per heavy atom. The molecule has 1 N–H and O–H groups in total. The van der Waals surface area contributed by atoms with Crippen molar-refractivity contribution in [2.45, 2.75) is 19.5 Å². The second-order valence-electron chi connectivity index (χ2n) is 7.48. The van der Waals surface area contributed by atoms with Gasteiger partial charge in [-0.3, -0.25) is 9.89 Å². The van der Waals surface area contributed by atoms with Crippen LogP contribution in [0.1, 0.15) is 24.2 Å². The van der Waals surface area contributed by atoms with Gasteiger partial charge in [-0.05, 0) is 38.7 Å². The topological polar surface area (TPSA) is 60.1 Å². The fourth-order valence-corrected chi connectivity index (χ4v) is 3.64. The molecule has 0 amide bonds. The highest BCUT2D eigenvalue weighted by Gasteiger charge is 2.21. The number of hydrogen-bond acceptors (Lipinski definition) is 5. The molecule has 1 saturated heterocycles. The number of rotatable bonds is 7. The van der Waals surface area contributed by atoms with Crippen molar-refractivity contribution >= 4 is 17.6 Å². The third kappa shape index (κ3) is 6.19. The maximum absolute atomic E-state index is 6.05. The number of nitrogens with zero attached hydrogens (tertiary/aromatic N) is 5. The van der Waals surface area contributed by atoms with Crippen LogP contribution in [0.25, 0.3) is 0 Å². The fraction of sp³-hybridized carbons (Fsp3) is 0.524. The summed E-state index contributed by atoms with van der Waals surface area (Å²) in [5.41, 5.74) is 2.20. The van der Waals surface area contributed by atoms with Gasteiger partial charge in [-0.1, -0.05) is 28.9 Å². The minimum Gasteiger partial charge on any atom is -0.364 e. The van der Waals surface area contributed by atoms with Crippen molar-refractivity contribution in [1.29, 1.82) is 0 Å². The highest BCUT2D eigenvalue weighted by atomic mass is 35.5. The normalized spacial score (nSPS) is 17.0. The van der Waals surface area contributed by atoms with Gasteiger partial charge in [0.25, 0.3) is 0 Å². The first kappa shape index (κ1) is 21.6. The van der Waals surface area contributed by atoms with E-state index in [0.717, 1.165) is 55.9 Å². The van der Waals surface area contributed by atoms with Gasteiger partial charge in [-0.25, -0.2) is 0 Å². The fourth-order valence-electron chi connectivity index (χ4n) is 3.52. The van der Waals surface area contributed by atoms with E-state index in [9.17, 15) is 0 Å². The molecule has 8 heteroatoms. The van der Waals surface area contributed by atoms with E-state index >= 15 is 0 Å². The third-order valence-electron chi connectivity index (χ3n) is 5.18. The Bertz CT molecular complexity index is 754. The molecule has 7 nitrogen and oxygen atoms in total. The molecule has 3 rings (SSSR count). The number of piperazine rings is 1. The molecule has 0 aliphatic carbocycles. The molecule has 1 aromatic heterocycles. The summed E-state index contributed by atoms with van der Waals surface area (Å²) < 4.78 is 4.94. The van der Waals surface area contributed by atoms with Crippen LogP contribution >= 0.6 is 11.6 Å². The summed E-state index contributed by atoms with van der Waals surface area (Å²) in [7, 11) is 4.18. The van der Waals surface area contributed by atoms with E-state index in [1.165, 1.54) is 5.56 Å². The van der Waals surface area contributed by atoms with Gasteiger partial charge in [0.1, 0.15) is 6.26 Å². The summed E-state index contributed by atoms with van der Waals surface area (Å²) >= 11 is 6.05. The number of aliphatic imine (C=N–C) groups is 1. The molecule has 2 heterocycles. The summed E-state index contributed by atoms with van der Waals surface area (Å²) in [6.07, 6.45) is 1.63. The van der Waals surface area contributed by atoms with Crippen LogP contribution in [0.5, 0.6) is 0 Å². The molecule has 0 bridgehead atoms. The molecule has 1 aliphatic heterocycles. The Kier molecular flexibility index (Phi) is 7.91. The molecular formula is C21H31ClN6O. The third-order valence-corrected chi connectivity index (χ3v) is 5.43. The lowest BCUT2D eigenvalue weighted by Gasteiger charge is -2.36. The minimum atomic E-state index is 0.203. The summed E-state index contributed by atoms with van der Waals surface area (Å²) in [6, 6.07) is 10.2. The molecule has 2 aromatic rings. The summed E-state index contributed by atoms with van der Waals surface area (Å²) in [6.45, 7) is 8.32. The van der Waals surface area contributed by atoms with Crippen LogP contribution in [0.4, 0.5) is 0 Å². The monoisotopic (exact) mass is 418 g/mol. The molecular weight excluding hydrogens is 388 g/mol. The molecule has 1 aromatic carbocycles. The standard InChI is InChI=1S/C21H31ClN6O/c1-4-23-21(24-15-20(26(2)3)17-5-7-18(22)8-6-17)28-12-10-27(11-13-28)16-19-9-14-29-25-19/h5-9,14,20H,4,10-13,15-16H2,1-3H3,(H,23,24). The molecule has 0 radical (unpaired) electrons. The Hall–Kier alpha value is -2.09. The van der Waals surface area contributed by atoms with Crippen molar-refractivity contribution in [3.63, 3.8) is 0 Å². The molecule has 0 spiro atoms. The first-order valence-corrected chi connectivity index (χ1v) is 10.5. The van der Waals surface area contributed by atoms with E-state index in [2.05, 4.69) is 58.3 Å². The molecule has 0 saturated carbocycles. The average molecular weight is 419 g/mol. The van der Waals surface area contributed by atoms with Crippen molar-refractivity contribution in [2.75, 3.05) is 53.4 Å². The Morgan fingerprint density at radius 1 is 1.21 bits per heavy atom. The van der Waals surface area contributed by atoms with E-state index in [4.69, 9.17) is 21.1 Å². The van der Waals surface area contributed by atoms with Gasteiger partial charge in [0.05, 0.1) is 18.3 Å². The highest BCUT2D eigenvalue weighted by Crippen LogP contribution is 2.21. The van der Waals surface area contributed by atoms with Crippen LogP contribution in [0.15, 0.2) is 46.1 Å². The molecule has 1 aliphatic rings. The van der Waals surface area contributed by atoms with Crippen LogP contribution in [-0.2, 0) is 6.54 Å².